The van der Waals surface area contributed by atoms with E-state index >= 15 is 0 Å². The fourth-order valence-electron chi connectivity index (χ4n) is 1.56. The maximum absolute atomic E-state index is 11.1. The maximum Gasteiger partial charge on any atom is 0.250 e. The second-order valence-corrected chi connectivity index (χ2v) is 3.78. The molecule has 80 valence electrons. The molecule has 2 aromatic rings. The largest absolute Gasteiger partial charge is 0.366 e. The summed E-state index contributed by atoms with van der Waals surface area (Å²) in [6, 6.07) is 14.9. The van der Waals surface area contributed by atoms with E-state index in [0.717, 1.165) is 11.1 Å². The van der Waals surface area contributed by atoms with Crippen molar-refractivity contribution in [2.45, 2.75) is 0 Å². The SMILES string of the molecule is NC(=O)c1cccc(-c2ccccc2)c1Cl. The van der Waals surface area contributed by atoms with Crippen molar-refractivity contribution < 1.29 is 4.79 Å². The number of carbonyl (C=O) groups is 1. The normalized spacial score (nSPS) is 10.1. The molecule has 0 aliphatic rings. The summed E-state index contributed by atoms with van der Waals surface area (Å²) >= 11 is 6.14. The van der Waals surface area contributed by atoms with Crippen LogP contribution in [0.2, 0.25) is 5.02 Å². The summed E-state index contributed by atoms with van der Waals surface area (Å²) in [4.78, 5) is 11.1. The van der Waals surface area contributed by atoms with Crippen LogP contribution in [0.15, 0.2) is 48.5 Å². The smallest absolute Gasteiger partial charge is 0.250 e. The summed E-state index contributed by atoms with van der Waals surface area (Å²) in [5.41, 5.74) is 7.37. The van der Waals surface area contributed by atoms with Gasteiger partial charge in [0.25, 0.3) is 0 Å². The van der Waals surface area contributed by atoms with Gasteiger partial charge >= 0.3 is 0 Å². The lowest BCUT2D eigenvalue weighted by molar-refractivity contribution is 0.100. The molecule has 0 aliphatic heterocycles. The molecule has 0 spiro atoms. The van der Waals surface area contributed by atoms with E-state index in [4.69, 9.17) is 17.3 Å². The first-order chi connectivity index (χ1) is 7.70. The minimum atomic E-state index is -0.511. The highest BCUT2D eigenvalue weighted by Gasteiger charge is 2.11. The highest BCUT2D eigenvalue weighted by molar-refractivity contribution is 6.36. The third-order valence-corrected chi connectivity index (χ3v) is 2.76. The van der Waals surface area contributed by atoms with Gasteiger partial charge in [-0.1, -0.05) is 54.1 Å². The number of benzene rings is 2. The van der Waals surface area contributed by atoms with Gasteiger partial charge in [0.2, 0.25) is 5.91 Å². The topological polar surface area (TPSA) is 43.1 Å². The van der Waals surface area contributed by atoms with Gasteiger partial charge in [0.15, 0.2) is 0 Å². The molecule has 2 nitrogen and oxygen atoms in total. The van der Waals surface area contributed by atoms with Crippen molar-refractivity contribution in [1.82, 2.24) is 0 Å². The molecule has 0 heterocycles. The van der Waals surface area contributed by atoms with E-state index < -0.39 is 5.91 Å². The molecule has 16 heavy (non-hydrogen) atoms. The minimum Gasteiger partial charge on any atom is -0.366 e. The Hall–Kier alpha value is -1.80. The number of halogens is 1. The summed E-state index contributed by atoms with van der Waals surface area (Å²) in [6.07, 6.45) is 0. The van der Waals surface area contributed by atoms with E-state index in [1.807, 2.05) is 36.4 Å². The molecular weight excluding hydrogens is 222 g/mol. The van der Waals surface area contributed by atoms with E-state index in [-0.39, 0.29) is 0 Å². The highest BCUT2D eigenvalue weighted by Crippen LogP contribution is 2.30. The van der Waals surface area contributed by atoms with Crippen LogP contribution in [0.25, 0.3) is 11.1 Å². The molecule has 0 saturated heterocycles. The van der Waals surface area contributed by atoms with Gasteiger partial charge in [-0.05, 0) is 11.6 Å². The first-order valence-electron chi connectivity index (χ1n) is 4.84. The van der Waals surface area contributed by atoms with Crippen molar-refractivity contribution >= 4 is 17.5 Å². The van der Waals surface area contributed by atoms with Gasteiger partial charge in [0, 0.05) is 5.56 Å². The van der Waals surface area contributed by atoms with E-state index in [1.54, 1.807) is 12.1 Å². The van der Waals surface area contributed by atoms with Gasteiger partial charge < -0.3 is 5.73 Å². The zero-order valence-corrected chi connectivity index (χ0v) is 9.24. The van der Waals surface area contributed by atoms with Crippen molar-refractivity contribution in [2.24, 2.45) is 5.73 Å². The van der Waals surface area contributed by atoms with Crippen LogP contribution in [0.4, 0.5) is 0 Å². The summed E-state index contributed by atoms with van der Waals surface area (Å²) in [5.74, 6) is -0.511. The predicted molar refractivity (Wildman–Crippen MR) is 65.4 cm³/mol. The summed E-state index contributed by atoms with van der Waals surface area (Å²) in [7, 11) is 0. The first kappa shape index (κ1) is 10.7. The average molecular weight is 232 g/mol. The molecule has 0 aliphatic carbocycles. The molecule has 0 fully saturated rings. The maximum atomic E-state index is 11.1. The Morgan fingerprint density at radius 3 is 2.31 bits per heavy atom. The van der Waals surface area contributed by atoms with Crippen LogP contribution in [0.1, 0.15) is 10.4 Å². The zero-order valence-electron chi connectivity index (χ0n) is 8.48. The Kier molecular flexibility index (Phi) is 2.93. The van der Waals surface area contributed by atoms with Gasteiger partial charge in [-0.15, -0.1) is 0 Å². The minimum absolute atomic E-state index is 0.350. The van der Waals surface area contributed by atoms with Gasteiger partial charge in [-0.3, -0.25) is 4.79 Å². The summed E-state index contributed by atoms with van der Waals surface area (Å²) < 4.78 is 0. The lowest BCUT2D eigenvalue weighted by Crippen LogP contribution is -2.11. The molecule has 0 bridgehead atoms. The van der Waals surface area contributed by atoms with Crippen molar-refractivity contribution in [1.29, 1.82) is 0 Å². The molecule has 1 amide bonds. The fourth-order valence-corrected chi connectivity index (χ4v) is 1.89. The van der Waals surface area contributed by atoms with E-state index in [0.29, 0.717) is 10.6 Å². The number of primary amides is 1. The Balaban J connectivity index is 2.59. The Morgan fingerprint density at radius 2 is 1.69 bits per heavy atom. The fraction of sp³-hybridized carbons (Fsp3) is 0. The van der Waals surface area contributed by atoms with Crippen LogP contribution in [0, 0.1) is 0 Å². The monoisotopic (exact) mass is 231 g/mol. The van der Waals surface area contributed by atoms with E-state index in [9.17, 15) is 4.79 Å². The van der Waals surface area contributed by atoms with Crippen molar-refractivity contribution in [3.63, 3.8) is 0 Å². The number of carbonyl (C=O) groups excluding carboxylic acids is 1. The quantitative estimate of drug-likeness (QED) is 0.848. The number of amides is 1. The molecule has 2 N–H and O–H groups in total. The van der Waals surface area contributed by atoms with Crippen molar-refractivity contribution in [3.05, 3.63) is 59.1 Å². The van der Waals surface area contributed by atoms with Crippen LogP contribution < -0.4 is 5.73 Å². The second-order valence-electron chi connectivity index (χ2n) is 3.40. The molecule has 0 aromatic heterocycles. The van der Waals surface area contributed by atoms with E-state index in [2.05, 4.69) is 0 Å². The average Bonchev–Trinajstić information content (AvgIpc) is 2.30. The van der Waals surface area contributed by atoms with Crippen molar-refractivity contribution in [2.75, 3.05) is 0 Å². The predicted octanol–water partition coefficient (Wildman–Crippen LogP) is 3.11. The Labute approximate surface area is 98.7 Å². The van der Waals surface area contributed by atoms with Crippen LogP contribution in [-0.4, -0.2) is 5.91 Å². The summed E-state index contributed by atoms with van der Waals surface area (Å²) in [5, 5.41) is 0.404. The lowest BCUT2D eigenvalue weighted by atomic mass is 10.0. The number of hydrogen-bond acceptors (Lipinski definition) is 1. The van der Waals surface area contributed by atoms with Crippen LogP contribution in [0.3, 0.4) is 0 Å². The Morgan fingerprint density at radius 1 is 1.00 bits per heavy atom. The molecule has 0 radical (unpaired) electrons. The van der Waals surface area contributed by atoms with Gasteiger partial charge in [-0.25, -0.2) is 0 Å². The molecule has 2 rings (SSSR count). The molecule has 0 unspecified atom stereocenters. The standard InChI is InChI=1S/C13H10ClNO/c14-12-10(9-5-2-1-3-6-9)7-4-8-11(12)13(15)16/h1-8H,(H2,15,16). The third kappa shape index (κ3) is 1.92. The van der Waals surface area contributed by atoms with Crippen LogP contribution in [-0.2, 0) is 0 Å². The van der Waals surface area contributed by atoms with Gasteiger partial charge in [0.1, 0.15) is 0 Å². The molecule has 0 atom stereocenters. The third-order valence-electron chi connectivity index (χ3n) is 2.35. The van der Waals surface area contributed by atoms with E-state index in [1.165, 1.54) is 0 Å². The molecule has 0 saturated carbocycles. The number of hydrogen-bond donors (Lipinski definition) is 1. The van der Waals surface area contributed by atoms with Crippen LogP contribution >= 0.6 is 11.6 Å². The highest BCUT2D eigenvalue weighted by atomic mass is 35.5. The molecule has 3 heteroatoms. The van der Waals surface area contributed by atoms with Crippen molar-refractivity contribution in [3.8, 4) is 11.1 Å². The number of rotatable bonds is 2. The van der Waals surface area contributed by atoms with Crippen LogP contribution in [0.5, 0.6) is 0 Å². The van der Waals surface area contributed by atoms with Gasteiger partial charge in [0.05, 0.1) is 10.6 Å². The lowest BCUT2D eigenvalue weighted by Gasteiger charge is -2.07. The molecular formula is C13H10ClNO. The first-order valence-corrected chi connectivity index (χ1v) is 5.21. The van der Waals surface area contributed by atoms with Gasteiger partial charge in [-0.2, -0.15) is 0 Å². The second kappa shape index (κ2) is 4.37. The molecule has 2 aromatic carbocycles. The summed E-state index contributed by atoms with van der Waals surface area (Å²) in [6.45, 7) is 0. The number of nitrogens with two attached hydrogens (primary N) is 1. The zero-order chi connectivity index (χ0) is 11.5. The Bertz CT molecular complexity index is 523.